The third-order valence-electron chi connectivity index (χ3n) is 4.67. The molecule has 0 radical (unpaired) electrons. The van der Waals surface area contributed by atoms with Gasteiger partial charge in [-0.2, -0.15) is 0 Å². The average Bonchev–Trinajstić information content (AvgIpc) is 2.58. The van der Waals surface area contributed by atoms with Gasteiger partial charge < -0.3 is 10.6 Å². The van der Waals surface area contributed by atoms with Crippen LogP contribution in [0.5, 0.6) is 0 Å². The highest BCUT2D eigenvalue weighted by atomic mass is 16.1. The maximum absolute atomic E-state index is 12.6. The summed E-state index contributed by atoms with van der Waals surface area (Å²) in [6.45, 7) is 5.81. The normalized spacial score (nSPS) is 15.0. The average molecular weight is 338 g/mol. The molecule has 1 amide bonds. The van der Waals surface area contributed by atoms with E-state index in [0.717, 1.165) is 35.5 Å². The van der Waals surface area contributed by atoms with Crippen LogP contribution in [-0.2, 0) is 0 Å². The minimum absolute atomic E-state index is 0.203. The van der Waals surface area contributed by atoms with Gasteiger partial charge >= 0.3 is 0 Å². The molecule has 132 valence electrons. The van der Waals surface area contributed by atoms with E-state index >= 15 is 0 Å². The Hall–Kier alpha value is -2.43. The molecule has 1 aliphatic carbocycles. The van der Waals surface area contributed by atoms with E-state index in [9.17, 15) is 4.79 Å². The number of anilines is 2. The Balaban J connectivity index is 1.76. The quantitative estimate of drug-likeness (QED) is 0.867. The van der Waals surface area contributed by atoms with Crippen molar-refractivity contribution >= 4 is 17.4 Å². The summed E-state index contributed by atoms with van der Waals surface area (Å²) in [6.07, 6.45) is 6.13. The van der Waals surface area contributed by atoms with Crippen molar-refractivity contribution < 1.29 is 4.79 Å². The van der Waals surface area contributed by atoms with E-state index in [-0.39, 0.29) is 5.91 Å². The number of hydrogen-bond donors (Lipinski definition) is 2. The van der Waals surface area contributed by atoms with Crippen molar-refractivity contribution in [2.45, 2.75) is 58.9 Å². The molecule has 1 saturated carbocycles. The Labute approximate surface area is 149 Å². The number of nitrogens with zero attached hydrogens (tertiary/aromatic N) is 2. The SMILES string of the molecule is Cc1ccc(C)c(NC(=O)c2cc(NC3CCCCC3)nc(C)n2)c1. The van der Waals surface area contributed by atoms with Crippen molar-refractivity contribution in [1.29, 1.82) is 0 Å². The lowest BCUT2D eigenvalue weighted by Crippen LogP contribution is -2.24. The first-order valence-electron chi connectivity index (χ1n) is 9.02. The molecule has 5 nitrogen and oxygen atoms in total. The molecule has 0 aliphatic heterocycles. The summed E-state index contributed by atoms with van der Waals surface area (Å²) < 4.78 is 0. The van der Waals surface area contributed by atoms with Gasteiger partial charge in [-0.15, -0.1) is 0 Å². The first-order chi connectivity index (χ1) is 12.0. The zero-order valence-corrected chi connectivity index (χ0v) is 15.2. The van der Waals surface area contributed by atoms with E-state index in [4.69, 9.17) is 0 Å². The molecule has 1 heterocycles. The van der Waals surface area contributed by atoms with E-state index < -0.39 is 0 Å². The van der Waals surface area contributed by atoms with Gasteiger partial charge in [-0.25, -0.2) is 9.97 Å². The Morgan fingerprint density at radius 3 is 2.56 bits per heavy atom. The molecule has 0 bridgehead atoms. The van der Waals surface area contributed by atoms with Crippen LogP contribution in [0, 0.1) is 20.8 Å². The number of hydrogen-bond acceptors (Lipinski definition) is 4. The van der Waals surface area contributed by atoms with Crippen molar-refractivity contribution in [3.63, 3.8) is 0 Å². The van der Waals surface area contributed by atoms with Gasteiger partial charge in [0.1, 0.15) is 17.3 Å². The maximum atomic E-state index is 12.6. The second-order valence-corrected chi connectivity index (χ2v) is 6.94. The highest BCUT2D eigenvalue weighted by Crippen LogP contribution is 2.22. The summed E-state index contributed by atoms with van der Waals surface area (Å²) in [7, 11) is 0. The Morgan fingerprint density at radius 1 is 1.04 bits per heavy atom. The molecule has 1 aliphatic rings. The minimum atomic E-state index is -0.203. The van der Waals surface area contributed by atoms with Gasteiger partial charge in [0.15, 0.2) is 0 Å². The van der Waals surface area contributed by atoms with E-state index in [0.29, 0.717) is 17.6 Å². The van der Waals surface area contributed by atoms with Crippen LogP contribution in [0.4, 0.5) is 11.5 Å². The molecular formula is C20H26N4O. The van der Waals surface area contributed by atoms with Gasteiger partial charge in [0.05, 0.1) is 0 Å². The summed E-state index contributed by atoms with van der Waals surface area (Å²) in [4.78, 5) is 21.4. The maximum Gasteiger partial charge on any atom is 0.274 e. The number of carbonyl (C=O) groups is 1. The molecule has 0 atom stereocenters. The molecular weight excluding hydrogens is 312 g/mol. The molecule has 0 saturated heterocycles. The molecule has 1 fully saturated rings. The number of aromatic nitrogens is 2. The first kappa shape index (κ1) is 17.4. The van der Waals surface area contributed by atoms with Crippen LogP contribution in [0.1, 0.15) is 59.5 Å². The van der Waals surface area contributed by atoms with Crippen LogP contribution < -0.4 is 10.6 Å². The summed E-state index contributed by atoms with van der Waals surface area (Å²) in [5.74, 6) is 1.14. The van der Waals surface area contributed by atoms with Crippen molar-refractivity contribution in [3.05, 3.63) is 46.9 Å². The molecule has 1 aromatic heterocycles. The first-order valence-corrected chi connectivity index (χ1v) is 9.02. The fraction of sp³-hybridized carbons (Fsp3) is 0.450. The summed E-state index contributed by atoms with van der Waals surface area (Å²) >= 11 is 0. The zero-order valence-electron chi connectivity index (χ0n) is 15.2. The molecule has 1 aromatic carbocycles. The number of nitrogens with one attached hydrogen (secondary N) is 2. The van der Waals surface area contributed by atoms with Gasteiger partial charge in [-0.1, -0.05) is 31.4 Å². The van der Waals surface area contributed by atoms with Crippen molar-refractivity contribution in [2.75, 3.05) is 10.6 Å². The Kier molecular flexibility index (Phi) is 5.31. The monoisotopic (exact) mass is 338 g/mol. The third-order valence-corrected chi connectivity index (χ3v) is 4.67. The minimum Gasteiger partial charge on any atom is -0.367 e. The number of aryl methyl sites for hydroxylation is 3. The zero-order chi connectivity index (χ0) is 17.8. The van der Waals surface area contributed by atoms with Gasteiger partial charge in [-0.3, -0.25) is 4.79 Å². The lowest BCUT2D eigenvalue weighted by Gasteiger charge is -2.23. The van der Waals surface area contributed by atoms with Crippen molar-refractivity contribution in [2.24, 2.45) is 0 Å². The van der Waals surface area contributed by atoms with Gasteiger partial charge in [0, 0.05) is 17.8 Å². The number of amides is 1. The Morgan fingerprint density at radius 2 is 1.80 bits per heavy atom. The number of benzene rings is 1. The highest BCUT2D eigenvalue weighted by Gasteiger charge is 2.16. The van der Waals surface area contributed by atoms with Crippen molar-refractivity contribution in [1.82, 2.24) is 9.97 Å². The van der Waals surface area contributed by atoms with Crippen LogP contribution in [0.3, 0.4) is 0 Å². The van der Waals surface area contributed by atoms with Gasteiger partial charge in [0.2, 0.25) is 0 Å². The Bertz CT molecular complexity index is 766. The fourth-order valence-corrected chi connectivity index (χ4v) is 3.27. The van der Waals surface area contributed by atoms with E-state index in [1.165, 1.54) is 19.3 Å². The standard InChI is InChI=1S/C20H26N4O/c1-13-9-10-14(2)17(11-13)24-20(25)18-12-19(22-15(3)21-18)23-16-7-5-4-6-8-16/h9-12,16H,4-8H2,1-3H3,(H,24,25)(H,21,22,23). The topological polar surface area (TPSA) is 66.9 Å². The lowest BCUT2D eigenvalue weighted by molar-refractivity contribution is 0.102. The van der Waals surface area contributed by atoms with E-state index in [2.05, 4.69) is 20.6 Å². The predicted octanol–water partition coefficient (Wildman–Crippen LogP) is 4.40. The largest absolute Gasteiger partial charge is 0.367 e. The summed E-state index contributed by atoms with van der Waals surface area (Å²) in [5, 5.41) is 6.44. The van der Waals surface area contributed by atoms with E-state index in [1.54, 1.807) is 6.07 Å². The second kappa shape index (κ2) is 7.64. The van der Waals surface area contributed by atoms with Crippen molar-refractivity contribution in [3.8, 4) is 0 Å². The number of rotatable bonds is 4. The molecule has 5 heteroatoms. The van der Waals surface area contributed by atoms with E-state index in [1.807, 2.05) is 39.0 Å². The van der Waals surface area contributed by atoms with Gasteiger partial charge in [0.25, 0.3) is 5.91 Å². The number of carbonyl (C=O) groups excluding carboxylic acids is 1. The lowest BCUT2D eigenvalue weighted by atomic mass is 9.95. The van der Waals surface area contributed by atoms with Crippen LogP contribution in [0.15, 0.2) is 24.3 Å². The molecule has 25 heavy (non-hydrogen) atoms. The van der Waals surface area contributed by atoms with Crippen LogP contribution in [0.2, 0.25) is 0 Å². The fourth-order valence-electron chi connectivity index (χ4n) is 3.27. The molecule has 0 spiro atoms. The third kappa shape index (κ3) is 4.56. The van der Waals surface area contributed by atoms with Crippen LogP contribution in [0.25, 0.3) is 0 Å². The smallest absolute Gasteiger partial charge is 0.274 e. The molecule has 2 N–H and O–H groups in total. The molecule has 2 aromatic rings. The summed E-state index contributed by atoms with van der Waals surface area (Å²) in [6, 6.07) is 8.21. The van der Waals surface area contributed by atoms with Crippen LogP contribution >= 0.6 is 0 Å². The molecule has 0 unspecified atom stereocenters. The molecule has 3 rings (SSSR count). The van der Waals surface area contributed by atoms with Crippen LogP contribution in [-0.4, -0.2) is 21.9 Å². The second-order valence-electron chi connectivity index (χ2n) is 6.94. The summed E-state index contributed by atoms with van der Waals surface area (Å²) in [5.41, 5.74) is 3.36. The van der Waals surface area contributed by atoms with Gasteiger partial charge in [-0.05, 0) is 50.8 Å². The highest BCUT2D eigenvalue weighted by molar-refractivity contribution is 6.03. The predicted molar refractivity (Wildman–Crippen MR) is 101 cm³/mol.